The van der Waals surface area contributed by atoms with Crippen molar-refractivity contribution in [1.82, 2.24) is 0 Å². The molecule has 6 nitrogen and oxygen atoms in total. The van der Waals surface area contributed by atoms with Gasteiger partial charge in [-0.15, -0.1) is 26.3 Å². The first-order chi connectivity index (χ1) is 10.5. The summed E-state index contributed by atoms with van der Waals surface area (Å²) in [7, 11) is 0. The van der Waals surface area contributed by atoms with E-state index in [1.54, 1.807) is 12.2 Å². The van der Waals surface area contributed by atoms with E-state index in [9.17, 15) is 9.59 Å². The lowest BCUT2D eigenvalue weighted by Gasteiger charge is -1.83. The Morgan fingerprint density at radius 3 is 1.41 bits per heavy atom. The van der Waals surface area contributed by atoms with Crippen molar-refractivity contribution in [1.29, 1.82) is 0 Å². The number of aliphatic hydroxyl groups is 2. The van der Waals surface area contributed by atoms with E-state index in [0.717, 1.165) is 0 Å². The van der Waals surface area contributed by atoms with Gasteiger partial charge >= 0.3 is 11.9 Å². The van der Waals surface area contributed by atoms with Gasteiger partial charge in [-0.25, -0.2) is 0 Å². The molecule has 0 aliphatic heterocycles. The molecule has 0 saturated heterocycles. The molecule has 4 N–H and O–H groups in total. The number of hydrogen-bond donors (Lipinski definition) is 4. The van der Waals surface area contributed by atoms with Crippen molar-refractivity contribution < 1.29 is 30.0 Å². The SMILES string of the molecule is C=C.C=CCC(=O)O.C=CCCO.O=C(O)C/C=C\CCO. The van der Waals surface area contributed by atoms with Gasteiger partial charge in [-0.05, 0) is 12.8 Å². The number of rotatable bonds is 8. The Labute approximate surface area is 132 Å². The molecule has 0 spiro atoms. The van der Waals surface area contributed by atoms with Crippen molar-refractivity contribution in [3.8, 4) is 0 Å². The fourth-order valence-corrected chi connectivity index (χ4v) is 0.591. The quantitative estimate of drug-likeness (QED) is 0.511. The van der Waals surface area contributed by atoms with Gasteiger partial charge in [0.05, 0.1) is 12.8 Å². The average molecular weight is 316 g/mol. The van der Waals surface area contributed by atoms with Crippen LogP contribution in [0.4, 0.5) is 0 Å². The van der Waals surface area contributed by atoms with Crippen LogP contribution in [0.25, 0.3) is 0 Å². The molecule has 0 rings (SSSR count). The fraction of sp³-hybridized carbons (Fsp3) is 0.375. The number of carbonyl (C=O) groups is 2. The number of aliphatic hydroxyl groups excluding tert-OH is 2. The van der Waals surface area contributed by atoms with E-state index in [1.807, 2.05) is 0 Å². The first-order valence-corrected chi connectivity index (χ1v) is 6.48. The molecule has 0 radical (unpaired) electrons. The molecule has 0 heterocycles. The van der Waals surface area contributed by atoms with Crippen LogP contribution in [0.15, 0.2) is 50.6 Å². The molecule has 22 heavy (non-hydrogen) atoms. The van der Waals surface area contributed by atoms with Crippen molar-refractivity contribution in [3.63, 3.8) is 0 Å². The minimum Gasteiger partial charge on any atom is -0.481 e. The van der Waals surface area contributed by atoms with Crippen LogP contribution in [-0.4, -0.2) is 45.6 Å². The predicted molar refractivity (Wildman–Crippen MR) is 88.7 cm³/mol. The molecule has 0 aromatic heterocycles. The van der Waals surface area contributed by atoms with Crippen LogP contribution in [0.2, 0.25) is 0 Å². The zero-order valence-electron chi connectivity index (χ0n) is 13.0. The fourth-order valence-electron chi connectivity index (χ4n) is 0.591. The molecule has 0 saturated carbocycles. The molecule has 0 fully saturated rings. The van der Waals surface area contributed by atoms with Gasteiger partial charge in [-0.2, -0.15) is 0 Å². The molecule has 0 aromatic rings. The third kappa shape index (κ3) is 64.8. The Bertz CT molecular complexity index is 297. The maximum Gasteiger partial charge on any atom is 0.307 e. The second-order valence-corrected chi connectivity index (χ2v) is 3.27. The summed E-state index contributed by atoms with van der Waals surface area (Å²) in [5, 5.41) is 32.2. The van der Waals surface area contributed by atoms with E-state index >= 15 is 0 Å². The Balaban J connectivity index is -0.000000109. The lowest BCUT2D eigenvalue weighted by molar-refractivity contribution is -0.137. The largest absolute Gasteiger partial charge is 0.481 e. The zero-order valence-corrected chi connectivity index (χ0v) is 13.0. The van der Waals surface area contributed by atoms with E-state index in [-0.39, 0.29) is 26.1 Å². The summed E-state index contributed by atoms with van der Waals surface area (Å²) >= 11 is 0. The maximum atomic E-state index is 9.85. The molecule has 6 heteroatoms. The lowest BCUT2D eigenvalue weighted by Crippen LogP contribution is -1.89. The highest BCUT2D eigenvalue weighted by Crippen LogP contribution is 1.85. The molecule has 0 aromatic carbocycles. The smallest absolute Gasteiger partial charge is 0.307 e. The third-order valence-corrected chi connectivity index (χ3v) is 1.41. The highest BCUT2D eigenvalue weighted by molar-refractivity contribution is 5.68. The molecule has 0 bridgehead atoms. The Morgan fingerprint density at radius 2 is 1.23 bits per heavy atom. The number of hydrogen-bond acceptors (Lipinski definition) is 4. The minimum atomic E-state index is -0.843. The summed E-state index contributed by atoms with van der Waals surface area (Å²) in [6.07, 6.45) is 7.54. The number of carboxylic acid groups (broad SMARTS) is 2. The standard InChI is InChI=1S/C6H10O3.C4H6O2.C4H8O.C2H4/c7-5-3-1-2-4-6(8)9;1-2-3-4(5)6;1-2-3-4-5;1-2/h1-2,7H,3-5H2,(H,8,9);2H,1,3H2,(H,5,6);2,5H,1,3-4H2;1-2H2/b2-1-;;;. The number of carboxylic acids is 2. The molecule has 0 unspecified atom stereocenters. The molecule has 0 atom stereocenters. The van der Waals surface area contributed by atoms with Crippen LogP contribution in [0, 0.1) is 0 Å². The molecule has 128 valence electrons. The van der Waals surface area contributed by atoms with E-state index in [1.165, 1.54) is 12.2 Å². The van der Waals surface area contributed by atoms with Gasteiger partial charge in [0, 0.05) is 13.2 Å². The summed E-state index contributed by atoms with van der Waals surface area (Å²) in [5.41, 5.74) is 0. The third-order valence-electron chi connectivity index (χ3n) is 1.41. The topological polar surface area (TPSA) is 115 Å². The van der Waals surface area contributed by atoms with Crippen LogP contribution in [-0.2, 0) is 9.59 Å². The molecular formula is C16H28O6. The van der Waals surface area contributed by atoms with Gasteiger partial charge in [0.2, 0.25) is 0 Å². The van der Waals surface area contributed by atoms with Crippen molar-refractivity contribution in [2.45, 2.75) is 25.7 Å². The van der Waals surface area contributed by atoms with Crippen molar-refractivity contribution in [2.75, 3.05) is 13.2 Å². The Kier molecular flexibility index (Phi) is 39.9. The molecule has 0 amide bonds. The molecular weight excluding hydrogens is 288 g/mol. The first kappa shape index (κ1) is 28.0. The van der Waals surface area contributed by atoms with Gasteiger partial charge in [-0.3, -0.25) is 9.59 Å². The van der Waals surface area contributed by atoms with E-state index < -0.39 is 11.9 Å². The first-order valence-electron chi connectivity index (χ1n) is 6.48. The summed E-state index contributed by atoms with van der Waals surface area (Å²) < 4.78 is 0. The van der Waals surface area contributed by atoms with Gasteiger partial charge < -0.3 is 20.4 Å². The second-order valence-electron chi connectivity index (χ2n) is 3.27. The van der Waals surface area contributed by atoms with Crippen molar-refractivity contribution in [2.24, 2.45) is 0 Å². The minimum absolute atomic E-state index is 0.0417. The van der Waals surface area contributed by atoms with E-state index in [2.05, 4.69) is 26.3 Å². The van der Waals surface area contributed by atoms with E-state index in [4.69, 9.17) is 20.4 Å². The molecule has 0 aliphatic rings. The predicted octanol–water partition coefficient (Wildman–Crippen LogP) is 2.40. The van der Waals surface area contributed by atoms with Crippen LogP contribution >= 0.6 is 0 Å². The Hall–Kier alpha value is -2.18. The lowest BCUT2D eigenvalue weighted by atomic mass is 10.3. The Morgan fingerprint density at radius 1 is 0.773 bits per heavy atom. The van der Waals surface area contributed by atoms with Crippen LogP contribution < -0.4 is 0 Å². The summed E-state index contributed by atoms with van der Waals surface area (Å²) in [5.74, 6) is -1.67. The number of aliphatic carboxylic acids is 2. The van der Waals surface area contributed by atoms with Crippen molar-refractivity contribution >= 4 is 11.9 Å². The van der Waals surface area contributed by atoms with Crippen molar-refractivity contribution in [3.05, 3.63) is 50.6 Å². The zero-order chi connectivity index (χ0) is 18.2. The van der Waals surface area contributed by atoms with Crippen LogP contribution in [0.5, 0.6) is 0 Å². The molecule has 0 aliphatic carbocycles. The van der Waals surface area contributed by atoms with Gasteiger partial charge in [0.15, 0.2) is 0 Å². The summed E-state index contributed by atoms with van der Waals surface area (Å²) in [6.45, 7) is 12.9. The highest BCUT2D eigenvalue weighted by Gasteiger charge is 1.87. The van der Waals surface area contributed by atoms with Crippen LogP contribution in [0.1, 0.15) is 25.7 Å². The average Bonchev–Trinajstić information content (AvgIpc) is 2.48. The monoisotopic (exact) mass is 316 g/mol. The maximum absolute atomic E-state index is 9.85. The van der Waals surface area contributed by atoms with Gasteiger partial charge in [0.25, 0.3) is 0 Å². The van der Waals surface area contributed by atoms with Gasteiger partial charge in [-0.1, -0.05) is 24.3 Å². The highest BCUT2D eigenvalue weighted by atomic mass is 16.4. The van der Waals surface area contributed by atoms with Gasteiger partial charge in [0.1, 0.15) is 0 Å². The van der Waals surface area contributed by atoms with Crippen LogP contribution in [0.3, 0.4) is 0 Å². The normalized spacial score (nSPS) is 8.09. The summed E-state index contributed by atoms with van der Waals surface area (Å²) in [4.78, 5) is 19.4. The second kappa shape index (κ2) is 31.3. The van der Waals surface area contributed by atoms with E-state index in [0.29, 0.717) is 12.8 Å². The summed E-state index contributed by atoms with van der Waals surface area (Å²) in [6, 6.07) is 0.